The van der Waals surface area contributed by atoms with Crippen LogP contribution < -0.4 is 20.9 Å². The van der Waals surface area contributed by atoms with Gasteiger partial charge in [-0.25, -0.2) is 8.78 Å². The van der Waals surface area contributed by atoms with Gasteiger partial charge in [-0.3, -0.25) is 0 Å². The molecule has 4 N–H and O–H groups in total. The predicted octanol–water partition coefficient (Wildman–Crippen LogP) is 10.3. The van der Waals surface area contributed by atoms with Gasteiger partial charge in [0.25, 0.3) is 0 Å². The average Bonchev–Trinajstić information content (AvgIpc) is 3.05. The first-order chi connectivity index (χ1) is 21.8. The first-order valence-corrected chi connectivity index (χ1v) is 15.6. The van der Waals surface area contributed by atoms with Gasteiger partial charge in [0.2, 0.25) is 0 Å². The van der Waals surface area contributed by atoms with Crippen LogP contribution in [0.3, 0.4) is 0 Å². The summed E-state index contributed by atoms with van der Waals surface area (Å²) in [7, 11) is 0. The molecule has 0 spiro atoms. The fraction of sp³-hybridized carbons (Fsp3) is 0.231. The number of hydrogen-bond acceptors (Lipinski definition) is 4. The minimum Gasteiger partial charge on any atom is -0.454 e. The maximum atomic E-state index is 15.7. The normalized spacial score (nSPS) is 14.6. The molecule has 0 amide bonds. The minimum absolute atomic E-state index is 0.123. The second kappa shape index (κ2) is 13.0. The summed E-state index contributed by atoms with van der Waals surface area (Å²) in [5.41, 5.74) is 16.5. The molecule has 1 aliphatic carbocycles. The van der Waals surface area contributed by atoms with E-state index in [0.717, 1.165) is 49.7 Å². The number of ether oxygens (including phenoxy) is 2. The standard InChI is InChI=1S/C39H38F2N2O2/c1-2-3-26-4-6-27(7-5-26)28-20-22-39(23-21-28,29-8-18-37(35(40)24-29)44-33-14-10-31(42)11-15-33)30-9-19-38(36(41)25-30)45-34-16-12-32(43)13-17-34/h4-19,24-25,28H,2-3,20-23,42-43H2,1H3. The number of aryl methyl sites for hydroxylation is 1. The fourth-order valence-corrected chi connectivity index (χ4v) is 6.52. The molecule has 0 heterocycles. The third-order valence-electron chi connectivity index (χ3n) is 9.01. The predicted molar refractivity (Wildman–Crippen MR) is 177 cm³/mol. The zero-order valence-electron chi connectivity index (χ0n) is 25.4. The van der Waals surface area contributed by atoms with E-state index in [1.807, 2.05) is 12.1 Å². The summed E-state index contributed by atoms with van der Waals surface area (Å²) in [6, 6.07) is 32.8. The van der Waals surface area contributed by atoms with E-state index < -0.39 is 17.0 Å². The first-order valence-electron chi connectivity index (χ1n) is 15.6. The molecule has 0 unspecified atom stereocenters. The van der Waals surface area contributed by atoms with Gasteiger partial charge in [0, 0.05) is 16.8 Å². The second-order valence-electron chi connectivity index (χ2n) is 12.0. The number of halogens is 2. The summed E-state index contributed by atoms with van der Waals surface area (Å²) in [6.45, 7) is 2.19. The van der Waals surface area contributed by atoms with Crippen molar-refractivity contribution in [3.05, 3.63) is 143 Å². The van der Waals surface area contributed by atoms with Crippen molar-refractivity contribution >= 4 is 11.4 Å². The molecular formula is C39H38F2N2O2. The lowest BCUT2D eigenvalue weighted by Crippen LogP contribution is -2.33. The van der Waals surface area contributed by atoms with Crippen molar-refractivity contribution in [2.75, 3.05) is 11.5 Å². The molecule has 0 bridgehead atoms. The molecule has 5 aromatic carbocycles. The Morgan fingerprint density at radius 1 is 0.644 bits per heavy atom. The lowest BCUT2D eigenvalue weighted by Gasteiger charge is -2.42. The maximum absolute atomic E-state index is 15.7. The average molecular weight is 605 g/mol. The quantitative estimate of drug-likeness (QED) is 0.164. The zero-order valence-corrected chi connectivity index (χ0v) is 25.4. The van der Waals surface area contributed by atoms with Gasteiger partial charge in [0.05, 0.1) is 0 Å². The van der Waals surface area contributed by atoms with Crippen molar-refractivity contribution in [2.24, 2.45) is 0 Å². The Bertz CT molecular complexity index is 1650. The summed E-state index contributed by atoms with van der Waals surface area (Å²) < 4.78 is 43.0. The van der Waals surface area contributed by atoms with Crippen molar-refractivity contribution in [1.29, 1.82) is 0 Å². The Morgan fingerprint density at radius 3 is 1.53 bits per heavy atom. The highest BCUT2D eigenvalue weighted by Gasteiger charge is 2.40. The van der Waals surface area contributed by atoms with Crippen LogP contribution in [0.5, 0.6) is 23.0 Å². The van der Waals surface area contributed by atoms with Crippen LogP contribution in [-0.2, 0) is 11.8 Å². The van der Waals surface area contributed by atoms with Crippen LogP contribution in [-0.4, -0.2) is 0 Å². The van der Waals surface area contributed by atoms with Crippen LogP contribution in [0.15, 0.2) is 109 Å². The van der Waals surface area contributed by atoms with Gasteiger partial charge in [-0.05, 0) is 133 Å². The molecule has 6 rings (SSSR count). The van der Waals surface area contributed by atoms with E-state index in [1.54, 1.807) is 72.8 Å². The Labute approximate surface area is 263 Å². The van der Waals surface area contributed by atoms with Gasteiger partial charge in [-0.2, -0.15) is 0 Å². The number of nitrogen functional groups attached to an aromatic ring is 2. The van der Waals surface area contributed by atoms with Crippen molar-refractivity contribution in [1.82, 2.24) is 0 Å². The smallest absolute Gasteiger partial charge is 0.166 e. The highest BCUT2D eigenvalue weighted by atomic mass is 19.1. The molecule has 5 aromatic rings. The van der Waals surface area contributed by atoms with Crippen molar-refractivity contribution in [3.8, 4) is 23.0 Å². The Hall–Kier alpha value is -4.84. The maximum Gasteiger partial charge on any atom is 0.166 e. The van der Waals surface area contributed by atoms with Crippen LogP contribution in [0.25, 0.3) is 0 Å². The van der Waals surface area contributed by atoms with Gasteiger partial charge in [0.15, 0.2) is 23.1 Å². The van der Waals surface area contributed by atoms with Gasteiger partial charge in [0.1, 0.15) is 11.5 Å². The summed E-state index contributed by atoms with van der Waals surface area (Å²) >= 11 is 0. The molecule has 1 fully saturated rings. The van der Waals surface area contributed by atoms with E-state index in [-0.39, 0.29) is 11.5 Å². The molecule has 1 aliphatic rings. The van der Waals surface area contributed by atoms with Crippen molar-refractivity contribution in [3.63, 3.8) is 0 Å². The summed E-state index contributed by atoms with van der Waals surface area (Å²) in [5, 5.41) is 0. The number of rotatable bonds is 9. The Morgan fingerprint density at radius 2 is 1.11 bits per heavy atom. The molecule has 0 aromatic heterocycles. The molecule has 45 heavy (non-hydrogen) atoms. The monoisotopic (exact) mass is 604 g/mol. The van der Waals surface area contributed by atoms with Crippen LogP contribution in [0, 0.1) is 11.6 Å². The SMILES string of the molecule is CCCc1ccc(C2CCC(c3ccc(Oc4ccc(N)cc4)c(F)c3)(c3ccc(Oc4ccc(N)cc4)c(F)c3)CC2)cc1. The molecular weight excluding hydrogens is 566 g/mol. The summed E-state index contributed by atoms with van der Waals surface area (Å²) in [4.78, 5) is 0. The molecule has 1 saturated carbocycles. The number of nitrogens with two attached hydrogens (primary N) is 2. The minimum atomic E-state index is -0.584. The third kappa shape index (κ3) is 6.65. The lowest BCUT2D eigenvalue weighted by atomic mass is 9.62. The number of anilines is 2. The van der Waals surface area contributed by atoms with Crippen LogP contribution in [0.2, 0.25) is 0 Å². The molecule has 0 saturated heterocycles. The Balaban J connectivity index is 1.31. The van der Waals surface area contributed by atoms with Crippen molar-refractivity contribution < 1.29 is 18.3 Å². The Kier molecular flexibility index (Phi) is 8.74. The topological polar surface area (TPSA) is 70.5 Å². The summed E-state index contributed by atoms with van der Waals surface area (Å²) in [6.07, 6.45) is 5.45. The van der Waals surface area contributed by atoms with Crippen LogP contribution in [0.1, 0.15) is 67.2 Å². The van der Waals surface area contributed by atoms with Gasteiger partial charge in [-0.1, -0.05) is 49.7 Å². The highest BCUT2D eigenvalue weighted by molar-refractivity contribution is 5.48. The second-order valence-corrected chi connectivity index (χ2v) is 12.0. The van der Waals surface area contributed by atoms with Crippen molar-refractivity contribution in [2.45, 2.75) is 56.8 Å². The number of hydrogen-bond donors (Lipinski definition) is 2. The van der Waals surface area contributed by atoms with E-state index in [9.17, 15) is 0 Å². The van der Waals surface area contributed by atoms with Gasteiger partial charge >= 0.3 is 0 Å². The van der Waals surface area contributed by atoms with E-state index >= 15 is 8.78 Å². The first kappa shape index (κ1) is 30.2. The molecule has 6 heteroatoms. The summed E-state index contributed by atoms with van der Waals surface area (Å²) in [5.74, 6) is 0.674. The fourth-order valence-electron chi connectivity index (χ4n) is 6.52. The lowest BCUT2D eigenvalue weighted by molar-refractivity contribution is 0.312. The van der Waals surface area contributed by atoms with Crippen LogP contribution >= 0.6 is 0 Å². The molecule has 230 valence electrons. The zero-order chi connectivity index (χ0) is 31.4. The van der Waals surface area contributed by atoms with E-state index in [1.165, 1.54) is 11.1 Å². The third-order valence-corrected chi connectivity index (χ3v) is 9.01. The molecule has 0 atom stereocenters. The van der Waals surface area contributed by atoms with Gasteiger partial charge < -0.3 is 20.9 Å². The number of benzene rings is 5. The van der Waals surface area contributed by atoms with E-state index in [2.05, 4.69) is 31.2 Å². The van der Waals surface area contributed by atoms with E-state index in [0.29, 0.717) is 28.8 Å². The molecule has 0 aliphatic heterocycles. The van der Waals surface area contributed by atoms with Gasteiger partial charge in [-0.15, -0.1) is 0 Å². The molecule has 4 nitrogen and oxygen atoms in total. The van der Waals surface area contributed by atoms with E-state index in [4.69, 9.17) is 20.9 Å². The van der Waals surface area contributed by atoms with Crippen LogP contribution in [0.4, 0.5) is 20.2 Å². The molecule has 0 radical (unpaired) electrons. The highest BCUT2D eigenvalue weighted by Crippen LogP contribution is 2.50. The largest absolute Gasteiger partial charge is 0.454 e.